The number of hydrogen-bond donors (Lipinski definition) is 1. The van der Waals surface area contributed by atoms with E-state index in [1.165, 1.54) is 11.3 Å². The fraction of sp³-hybridized carbons (Fsp3) is 0.600. The second-order valence-corrected chi connectivity index (χ2v) is 5.67. The van der Waals surface area contributed by atoms with Gasteiger partial charge in [0.05, 0.1) is 6.61 Å². The lowest BCUT2D eigenvalue weighted by Crippen LogP contribution is -2.36. The van der Waals surface area contributed by atoms with E-state index in [9.17, 15) is 0 Å². The lowest BCUT2D eigenvalue weighted by atomic mass is 10.1. The van der Waals surface area contributed by atoms with Crippen LogP contribution in [0.4, 0.5) is 5.69 Å². The first-order chi connectivity index (χ1) is 9.13. The molecule has 0 fully saturated rings. The van der Waals surface area contributed by atoms with Crippen LogP contribution in [0.2, 0.25) is 0 Å². The normalized spacial score (nSPS) is 12.5. The van der Waals surface area contributed by atoms with Crippen LogP contribution in [-0.4, -0.2) is 32.8 Å². The third kappa shape index (κ3) is 4.79. The summed E-state index contributed by atoms with van der Waals surface area (Å²) in [6.45, 7) is 6.78. The highest BCUT2D eigenvalue weighted by molar-refractivity contribution is 9.10. The second kappa shape index (κ2) is 8.56. The predicted octanol–water partition coefficient (Wildman–Crippen LogP) is 3.20. The van der Waals surface area contributed by atoms with Crippen molar-refractivity contribution >= 4 is 21.6 Å². The van der Waals surface area contributed by atoms with E-state index in [0.29, 0.717) is 12.6 Å². The summed E-state index contributed by atoms with van der Waals surface area (Å²) >= 11 is 3.54. The first-order valence-electron chi connectivity index (χ1n) is 6.88. The average molecular weight is 329 g/mol. The van der Waals surface area contributed by atoms with Gasteiger partial charge < -0.3 is 15.4 Å². The molecule has 1 rings (SSSR count). The Morgan fingerprint density at radius 3 is 2.74 bits per heavy atom. The molecule has 0 amide bonds. The zero-order valence-electron chi connectivity index (χ0n) is 12.2. The Bertz CT molecular complexity index is 384. The molecule has 1 aromatic carbocycles. The summed E-state index contributed by atoms with van der Waals surface area (Å²) in [5.74, 6) is 0. The third-order valence-corrected chi connectivity index (χ3v) is 3.92. The van der Waals surface area contributed by atoms with Crippen LogP contribution < -0.4 is 10.6 Å². The van der Waals surface area contributed by atoms with Gasteiger partial charge in [-0.15, -0.1) is 0 Å². The van der Waals surface area contributed by atoms with Crippen molar-refractivity contribution in [1.29, 1.82) is 0 Å². The van der Waals surface area contributed by atoms with E-state index in [1.54, 1.807) is 7.11 Å². The van der Waals surface area contributed by atoms with Crippen molar-refractivity contribution in [2.24, 2.45) is 5.73 Å². The molecule has 0 spiro atoms. The van der Waals surface area contributed by atoms with Crippen LogP contribution in [0.15, 0.2) is 22.7 Å². The molecular weight excluding hydrogens is 304 g/mol. The summed E-state index contributed by atoms with van der Waals surface area (Å²) in [5, 5.41) is 0. The Labute approximate surface area is 125 Å². The molecule has 108 valence electrons. The van der Waals surface area contributed by atoms with Crippen LogP contribution in [0.3, 0.4) is 0 Å². The summed E-state index contributed by atoms with van der Waals surface area (Å²) in [6, 6.07) is 6.94. The van der Waals surface area contributed by atoms with Crippen molar-refractivity contribution in [2.45, 2.75) is 32.7 Å². The van der Waals surface area contributed by atoms with Gasteiger partial charge in [-0.3, -0.25) is 0 Å². The summed E-state index contributed by atoms with van der Waals surface area (Å²) < 4.78 is 6.34. The molecule has 0 aromatic heterocycles. The van der Waals surface area contributed by atoms with E-state index >= 15 is 0 Å². The lowest BCUT2D eigenvalue weighted by molar-refractivity contribution is 0.203. The van der Waals surface area contributed by atoms with Crippen molar-refractivity contribution < 1.29 is 4.74 Å². The quantitative estimate of drug-likeness (QED) is 0.796. The van der Waals surface area contributed by atoms with Gasteiger partial charge in [0.15, 0.2) is 0 Å². The number of rotatable bonds is 8. The average Bonchev–Trinajstić information content (AvgIpc) is 2.41. The van der Waals surface area contributed by atoms with E-state index in [-0.39, 0.29) is 0 Å². The van der Waals surface area contributed by atoms with Gasteiger partial charge in [-0.1, -0.05) is 22.9 Å². The van der Waals surface area contributed by atoms with E-state index in [2.05, 4.69) is 52.9 Å². The smallest absolute Gasteiger partial charge is 0.0637 e. The van der Waals surface area contributed by atoms with E-state index in [0.717, 1.165) is 30.5 Å². The van der Waals surface area contributed by atoms with Crippen LogP contribution in [0.1, 0.15) is 25.8 Å². The van der Waals surface area contributed by atoms with Crippen LogP contribution >= 0.6 is 15.9 Å². The molecule has 4 heteroatoms. The van der Waals surface area contributed by atoms with Crippen LogP contribution in [0, 0.1) is 0 Å². The SMILES string of the molecule is CCC(C)N(CCOC)c1ccc(Br)cc1CCN. The number of nitrogens with zero attached hydrogens (tertiary/aromatic N) is 1. The Kier molecular flexibility index (Phi) is 7.42. The number of methoxy groups -OCH3 is 1. The predicted molar refractivity (Wildman–Crippen MR) is 85.9 cm³/mol. The molecule has 2 N–H and O–H groups in total. The zero-order valence-corrected chi connectivity index (χ0v) is 13.7. The van der Waals surface area contributed by atoms with Gasteiger partial charge in [0.2, 0.25) is 0 Å². The van der Waals surface area contributed by atoms with E-state index in [4.69, 9.17) is 10.5 Å². The first kappa shape index (κ1) is 16.5. The number of anilines is 1. The highest BCUT2D eigenvalue weighted by Crippen LogP contribution is 2.27. The molecule has 0 aliphatic carbocycles. The maximum Gasteiger partial charge on any atom is 0.0637 e. The number of nitrogens with two attached hydrogens (primary N) is 1. The van der Waals surface area contributed by atoms with E-state index in [1.807, 2.05) is 0 Å². The molecule has 3 nitrogen and oxygen atoms in total. The fourth-order valence-electron chi connectivity index (χ4n) is 2.18. The van der Waals surface area contributed by atoms with Gasteiger partial charge >= 0.3 is 0 Å². The first-order valence-corrected chi connectivity index (χ1v) is 7.67. The van der Waals surface area contributed by atoms with Crippen LogP contribution in [-0.2, 0) is 11.2 Å². The number of ether oxygens (including phenoxy) is 1. The molecule has 0 heterocycles. The number of hydrogen-bond acceptors (Lipinski definition) is 3. The molecule has 19 heavy (non-hydrogen) atoms. The van der Waals surface area contributed by atoms with Crippen molar-refractivity contribution in [3.8, 4) is 0 Å². The molecule has 0 saturated heterocycles. The maximum absolute atomic E-state index is 5.73. The molecule has 1 atom stereocenters. The van der Waals surface area contributed by atoms with Gasteiger partial charge in [0.1, 0.15) is 0 Å². The van der Waals surface area contributed by atoms with Crippen molar-refractivity contribution in [2.75, 3.05) is 31.7 Å². The molecule has 0 bridgehead atoms. The summed E-state index contributed by atoms with van der Waals surface area (Å²) in [6.07, 6.45) is 2.01. The summed E-state index contributed by atoms with van der Waals surface area (Å²) in [7, 11) is 1.75. The monoisotopic (exact) mass is 328 g/mol. The molecule has 0 radical (unpaired) electrons. The minimum Gasteiger partial charge on any atom is -0.383 e. The molecule has 1 unspecified atom stereocenters. The molecule has 0 aliphatic heterocycles. The standard InChI is InChI=1S/C15H25BrN2O/c1-4-12(2)18(9-10-19-3)15-6-5-14(16)11-13(15)7-8-17/h5-6,11-12H,4,7-10,17H2,1-3H3. The maximum atomic E-state index is 5.73. The van der Waals surface area contributed by atoms with Gasteiger partial charge in [0, 0.05) is 29.9 Å². The lowest BCUT2D eigenvalue weighted by Gasteiger charge is -2.32. The van der Waals surface area contributed by atoms with Gasteiger partial charge in [-0.25, -0.2) is 0 Å². The zero-order chi connectivity index (χ0) is 14.3. The number of benzene rings is 1. The third-order valence-electron chi connectivity index (χ3n) is 3.42. The highest BCUT2D eigenvalue weighted by atomic mass is 79.9. The molecule has 0 saturated carbocycles. The summed E-state index contributed by atoms with van der Waals surface area (Å²) in [5.41, 5.74) is 8.31. The second-order valence-electron chi connectivity index (χ2n) is 4.76. The fourth-order valence-corrected chi connectivity index (χ4v) is 2.59. The minimum atomic E-state index is 0.493. The molecule has 1 aromatic rings. The van der Waals surface area contributed by atoms with Gasteiger partial charge in [-0.2, -0.15) is 0 Å². The van der Waals surface area contributed by atoms with Crippen LogP contribution in [0.25, 0.3) is 0 Å². The topological polar surface area (TPSA) is 38.5 Å². The van der Waals surface area contributed by atoms with E-state index < -0.39 is 0 Å². The molecular formula is C15H25BrN2O. The highest BCUT2D eigenvalue weighted by Gasteiger charge is 2.16. The van der Waals surface area contributed by atoms with Crippen molar-refractivity contribution in [3.63, 3.8) is 0 Å². The Balaban J connectivity index is 3.05. The Hall–Kier alpha value is -0.580. The van der Waals surface area contributed by atoms with Crippen molar-refractivity contribution in [3.05, 3.63) is 28.2 Å². The Morgan fingerprint density at radius 2 is 2.16 bits per heavy atom. The van der Waals surface area contributed by atoms with Gasteiger partial charge in [0.25, 0.3) is 0 Å². The minimum absolute atomic E-state index is 0.493. The van der Waals surface area contributed by atoms with Crippen molar-refractivity contribution in [1.82, 2.24) is 0 Å². The van der Waals surface area contributed by atoms with Crippen LogP contribution in [0.5, 0.6) is 0 Å². The van der Waals surface area contributed by atoms with Gasteiger partial charge in [-0.05, 0) is 50.1 Å². The molecule has 0 aliphatic rings. The largest absolute Gasteiger partial charge is 0.383 e. The summed E-state index contributed by atoms with van der Waals surface area (Å²) in [4.78, 5) is 2.42. The Morgan fingerprint density at radius 1 is 1.42 bits per heavy atom. The number of halogens is 1.